The van der Waals surface area contributed by atoms with E-state index in [1.54, 1.807) is 0 Å². The van der Waals surface area contributed by atoms with Gasteiger partial charge in [0.15, 0.2) is 6.29 Å². The first-order valence-electron chi connectivity index (χ1n) is 4.40. The Kier molecular flexibility index (Phi) is 1.14. The fraction of sp³-hybridized carbons (Fsp3) is 0.875. The topological polar surface area (TPSA) is 49.8 Å². The lowest BCUT2D eigenvalue weighted by molar-refractivity contribution is -0.132. The van der Waals surface area contributed by atoms with E-state index in [9.17, 15) is 9.90 Å². The second-order valence-electron chi connectivity index (χ2n) is 3.80. The molecule has 0 aromatic heterocycles. The summed E-state index contributed by atoms with van der Waals surface area (Å²) in [6.07, 6.45) is 0.775. The van der Waals surface area contributed by atoms with E-state index < -0.39 is 6.29 Å². The zero-order valence-electron chi connectivity index (χ0n) is 6.64. The third kappa shape index (κ3) is 0.630. The highest BCUT2D eigenvalue weighted by atomic mass is 16.6. The molecule has 3 rings (SSSR count). The van der Waals surface area contributed by atoms with Crippen LogP contribution in [0.3, 0.4) is 0 Å². The molecule has 0 radical (unpaired) electrons. The lowest BCUT2D eigenvalue weighted by Gasteiger charge is -2.15. The number of ether oxygens (including phenoxy) is 1. The molecule has 3 fully saturated rings. The van der Waals surface area contributed by atoms with Gasteiger partial charge in [0, 0.05) is 18.9 Å². The summed E-state index contributed by atoms with van der Waals surface area (Å²) >= 11 is 0. The standard InChI is InChI=1S/C8H11NO3/c10-6-3-4-7-5(12-8(4)11)1-2-9(6)7/h4-5,7-8,11H,1-3H2/t4-,5+,7+,8?/m0/s1. The molecule has 1 N–H and O–H groups in total. The number of hydrogen-bond acceptors (Lipinski definition) is 3. The van der Waals surface area contributed by atoms with E-state index in [2.05, 4.69) is 0 Å². The van der Waals surface area contributed by atoms with Crippen molar-refractivity contribution in [2.45, 2.75) is 31.3 Å². The zero-order chi connectivity index (χ0) is 8.29. The van der Waals surface area contributed by atoms with Crippen LogP contribution in [0.1, 0.15) is 12.8 Å². The summed E-state index contributed by atoms with van der Waals surface area (Å²) < 4.78 is 5.33. The van der Waals surface area contributed by atoms with Gasteiger partial charge in [-0.15, -0.1) is 0 Å². The second kappa shape index (κ2) is 2.00. The molecule has 3 aliphatic heterocycles. The maximum atomic E-state index is 11.4. The summed E-state index contributed by atoms with van der Waals surface area (Å²) in [4.78, 5) is 13.2. The lowest BCUT2D eigenvalue weighted by Crippen LogP contribution is -2.31. The van der Waals surface area contributed by atoms with Crippen molar-refractivity contribution in [1.29, 1.82) is 0 Å². The molecular formula is C8H11NO3. The normalized spacial score (nSPS) is 50.4. The zero-order valence-corrected chi connectivity index (χ0v) is 6.64. The molecule has 12 heavy (non-hydrogen) atoms. The molecule has 0 aliphatic carbocycles. The van der Waals surface area contributed by atoms with Crippen molar-refractivity contribution in [3.05, 3.63) is 0 Å². The molecule has 0 saturated carbocycles. The van der Waals surface area contributed by atoms with Crippen LogP contribution in [0.25, 0.3) is 0 Å². The Morgan fingerprint density at radius 1 is 1.58 bits per heavy atom. The highest BCUT2D eigenvalue weighted by Crippen LogP contribution is 2.43. The van der Waals surface area contributed by atoms with Crippen LogP contribution in [0.15, 0.2) is 0 Å². The van der Waals surface area contributed by atoms with Crippen LogP contribution >= 0.6 is 0 Å². The van der Waals surface area contributed by atoms with Gasteiger partial charge in [0.2, 0.25) is 5.91 Å². The quantitative estimate of drug-likeness (QED) is 0.523. The van der Waals surface area contributed by atoms with Gasteiger partial charge in [0.1, 0.15) is 0 Å². The van der Waals surface area contributed by atoms with Gasteiger partial charge in [-0.1, -0.05) is 0 Å². The SMILES string of the molecule is O=C1C[C@@H]2C(O)O[C@@H]3CCN1[C@H]23. The predicted molar refractivity (Wildman–Crippen MR) is 39.1 cm³/mol. The van der Waals surface area contributed by atoms with E-state index in [0.29, 0.717) is 6.42 Å². The highest BCUT2D eigenvalue weighted by Gasteiger charge is 2.56. The third-order valence-corrected chi connectivity index (χ3v) is 3.25. The summed E-state index contributed by atoms with van der Waals surface area (Å²) in [5.74, 6) is 0.236. The maximum absolute atomic E-state index is 11.4. The first-order chi connectivity index (χ1) is 5.77. The number of aliphatic hydroxyl groups excluding tert-OH is 1. The van der Waals surface area contributed by atoms with E-state index in [0.717, 1.165) is 13.0 Å². The molecule has 0 bridgehead atoms. The number of nitrogens with zero attached hydrogens (tertiary/aromatic N) is 1. The lowest BCUT2D eigenvalue weighted by atomic mass is 9.99. The van der Waals surface area contributed by atoms with Crippen molar-refractivity contribution in [1.82, 2.24) is 4.90 Å². The molecule has 3 saturated heterocycles. The summed E-state index contributed by atoms with van der Waals surface area (Å²) in [6.45, 7) is 0.817. The summed E-state index contributed by atoms with van der Waals surface area (Å²) in [5.41, 5.74) is 0. The monoisotopic (exact) mass is 169 g/mol. The van der Waals surface area contributed by atoms with Crippen LogP contribution in [0.5, 0.6) is 0 Å². The number of hydrogen-bond donors (Lipinski definition) is 1. The first kappa shape index (κ1) is 6.86. The minimum atomic E-state index is -0.700. The third-order valence-electron chi connectivity index (χ3n) is 3.25. The molecule has 4 heteroatoms. The molecule has 0 spiro atoms. The van der Waals surface area contributed by atoms with E-state index >= 15 is 0 Å². The molecule has 4 atom stereocenters. The molecule has 4 nitrogen and oxygen atoms in total. The van der Waals surface area contributed by atoms with Crippen LogP contribution in [-0.2, 0) is 9.53 Å². The number of carbonyl (C=O) groups is 1. The van der Waals surface area contributed by atoms with Crippen molar-refractivity contribution in [3.8, 4) is 0 Å². The van der Waals surface area contributed by atoms with E-state index in [-0.39, 0.29) is 24.0 Å². The Hall–Kier alpha value is -0.610. The van der Waals surface area contributed by atoms with E-state index in [1.807, 2.05) is 4.90 Å². The van der Waals surface area contributed by atoms with E-state index in [4.69, 9.17) is 4.74 Å². The van der Waals surface area contributed by atoms with Gasteiger partial charge in [0.25, 0.3) is 0 Å². The molecule has 3 heterocycles. The average molecular weight is 169 g/mol. The maximum Gasteiger partial charge on any atom is 0.223 e. The Morgan fingerprint density at radius 3 is 3.25 bits per heavy atom. The van der Waals surface area contributed by atoms with E-state index in [1.165, 1.54) is 0 Å². The predicted octanol–water partition coefficient (Wildman–Crippen LogP) is -0.676. The Labute approximate surface area is 70.1 Å². The number of aliphatic hydroxyl groups is 1. The summed E-state index contributed by atoms with van der Waals surface area (Å²) in [5, 5.41) is 9.44. The van der Waals surface area contributed by atoms with Crippen molar-refractivity contribution >= 4 is 5.91 Å². The fourth-order valence-corrected chi connectivity index (χ4v) is 2.72. The highest BCUT2D eigenvalue weighted by molar-refractivity contribution is 5.80. The second-order valence-corrected chi connectivity index (χ2v) is 3.80. The van der Waals surface area contributed by atoms with Gasteiger partial charge in [-0.2, -0.15) is 0 Å². The molecule has 1 amide bonds. The first-order valence-corrected chi connectivity index (χ1v) is 4.40. The Balaban J connectivity index is 1.98. The van der Waals surface area contributed by atoms with Gasteiger partial charge < -0.3 is 14.7 Å². The molecular weight excluding hydrogens is 158 g/mol. The number of carbonyl (C=O) groups excluding carboxylic acids is 1. The fourth-order valence-electron chi connectivity index (χ4n) is 2.72. The van der Waals surface area contributed by atoms with Gasteiger partial charge in [-0.05, 0) is 6.42 Å². The van der Waals surface area contributed by atoms with Crippen LogP contribution < -0.4 is 0 Å². The summed E-state index contributed by atoms with van der Waals surface area (Å²) in [6, 6.07) is 0.187. The van der Waals surface area contributed by atoms with Crippen molar-refractivity contribution in [3.63, 3.8) is 0 Å². The largest absolute Gasteiger partial charge is 0.368 e. The Morgan fingerprint density at radius 2 is 2.42 bits per heavy atom. The number of rotatable bonds is 0. The van der Waals surface area contributed by atoms with Gasteiger partial charge in [-0.25, -0.2) is 0 Å². The van der Waals surface area contributed by atoms with Crippen LogP contribution in [0.2, 0.25) is 0 Å². The number of amides is 1. The molecule has 1 unspecified atom stereocenters. The molecule has 66 valence electrons. The minimum Gasteiger partial charge on any atom is -0.368 e. The van der Waals surface area contributed by atoms with Gasteiger partial charge in [-0.3, -0.25) is 4.79 Å². The minimum absolute atomic E-state index is 0.0463. The van der Waals surface area contributed by atoms with Crippen molar-refractivity contribution in [2.24, 2.45) is 5.92 Å². The molecule has 0 aromatic carbocycles. The van der Waals surface area contributed by atoms with Crippen LogP contribution in [-0.4, -0.2) is 40.9 Å². The van der Waals surface area contributed by atoms with Crippen LogP contribution in [0.4, 0.5) is 0 Å². The molecule has 3 aliphatic rings. The Bertz CT molecular complexity index is 242. The van der Waals surface area contributed by atoms with Gasteiger partial charge >= 0.3 is 0 Å². The van der Waals surface area contributed by atoms with Crippen molar-refractivity contribution in [2.75, 3.05) is 6.54 Å². The van der Waals surface area contributed by atoms with Crippen molar-refractivity contribution < 1.29 is 14.6 Å². The summed E-state index contributed by atoms with van der Waals surface area (Å²) in [7, 11) is 0. The smallest absolute Gasteiger partial charge is 0.223 e. The van der Waals surface area contributed by atoms with Crippen LogP contribution in [0, 0.1) is 5.92 Å². The van der Waals surface area contributed by atoms with Gasteiger partial charge in [0.05, 0.1) is 12.1 Å². The molecule has 0 aromatic rings. The average Bonchev–Trinajstić information content (AvgIpc) is 2.59.